The number of amides is 1. The number of nitrogens with zero attached hydrogens (tertiary/aromatic N) is 2. The first kappa shape index (κ1) is 22.3. The van der Waals surface area contributed by atoms with Gasteiger partial charge in [-0.2, -0.15) is 14.0 Å². The normalized spacial score (nSPS) is 13.2. The fraction of sp³-hybridized carbons (Fsp3) is 0.304. The van der Waals surface area contributed by atoms with E-state index >= 15 is 0 Å². The lowest BCUT2D eigenvalue weighted by molar-refractivity contribution is -0.144. The fourth-order valence-electron chi connectivity index (χ4n) is 2.91. The monoisotopic (exact) mass is 398 g/mol. The van der Waals surface area contributed by atoms with Gasteiger partial charge >= 0.3 is 0 Å². The molecule has 0 aliphatic heterocycles. The molecule has 0 bridgehead atoms. The van der Waals surface area contributed by atoms with Crippen molar-refractivity contribution in [3.63, 3.8) is 0 Å². The molecule has 0 spiro atoms. The van der Waals surface area contributed by atoms with Gasteiger partial charge in [0.2, 0.25) is 0 Å². The van der Waals surface area contributed by atoms with Crippen LogP contribution in [0.3, 0.4) is 0 Å². The first-order valence-electron chi connectivity index (χ1n) is 9.24. The zero-order valence-corrected chi connectivity index (χ0v) is 16.5. The molecular weight excluding hydrogens is 374 g/mol. The van der Waals surface area contributed by atoms with E-state index in [4.69, 9.17) is 5.26 Å². The van der Waals surface area contributed by atoms with E-state index < -0.39 is 11.5 Å². The number of hydrogen-bond donors (Lipinski definition) is 1. The minimum Gasteiger partial charge on any atom is -0.379 e. The molecule has 29 heavy (non-hydrogen) atoms. The molecule has 0 saturated heterocycles. The average molecular weight is 398 g/mol. The molecule has 1 unspecified atom stereocenters. The summed E-state index contributed by atoms with van der Waals surface area (Å²) in [6, 6.07) is 15.1. The molecule has 0 radical (unpaired) electrons. The van der Waals surface area contributed by atoms with Crippen molar-refractivity contribution < 1.29 is 18.7 Å². The molecule has 152 valence electrons. The molecule has 0 saturated carbocycles. The Kier molecular flexibility index (Phi) is 6.89. The Morgan fingerprint density at radius 2 is 1.72 bits per heavy atom. The van der Waals surface area contributed by atoms with Crippen molar-refractivity contribution in [2.75, 3.05) is 6.54 Å². The minimum atomic E-state index is -3.51. The Balaban J connectivity index is 2.17. The number of benzene rings is 2. The summed E-state index contributed by atoms with van der Waals surface area (Å²) in [6.07, 6.45) is 0.741. The highest BCUT2D eigenvalue weighted by Crippen LogP contribution is 2.38. The summed E-state index contributed by atoms with van der Waals surface area (Å²) < 4.78 is 27.8. The number of rotatable bonds is 8. The standard InChI is InChI=1S/C23H24F2N2O2/c1-4-23(24,25)22(3,29)20-12-10-19(11-13-20)21(28)27(5-2)16-18-8-6-17(7-9-18)14-15-26/h4,6-13,29H,1,5,14,16H2,2-3H3. The van der Waals surface area contributed by atoms with Gasteiger partial charge in [-0.1, -0.05) is 43.0 Å². The highest BCUT2D eigenvalue weighted by Gasteiger charge is 2.47. The van der Waals surface area contributed by atoms with Gasteiger partial charge in [0.1, 0.15) is 0 Å². The van der Waals surface area contributed by atoms with E-state index in [-0.39, 0.29) is 11.5 Å². The predicted molar refractivity (Wildman–Crippen MR) is 107 cm³/mol. The molecule has 1 N–H and O–H groups in total. The second-order valence-corrected chi connectivity index (χ2v) is 6.95. The number of carbonyl (C=O) groups is 1. The maximum atomic E-state index is 13.9. The third-order valence-corrected chi connectivity index (χ3v) is 4.95. The number of hydrogen-bond acceptors (Lipinski definition) is 3. The summed E-state index contributed by atoms with van der Waals surface area (Å²) >= 11 is 0. The van der Waals surface area contributed by atoms with Crippen molar-refractivity contribution in [3.05, 3.63) is 83.4 Å². The van der Waals surface area contributed by atoms with Crippen molar-refractivity contribution in [3.8, 4) is 6.07 Å². The minimum absolute atomic E-state index is 0.00456. The number of nitriles is 1. The van der Waals surface area contributed by atoms with E-state index in [1.54, 1.807) is 4.90 Å². The van der Waals surface area contributed by atoms with E-state index in [2.05, 4.69) is 12.6 Å². The molecule has 1 atom stereocenters. The van der Waals surface area contributed by atoms with E-state index in [1.165, 1.54) is 24.3 Å². The summed E-state index contributed by atoms with van der Waals surface area (Å²) in [4.78, 5) is 14.4. The molecule has 0 fully saturated rings. The van der Waals surface area contributed by atoms with Gasteiger partial charge in [-0.25, -0.2) is 0 Å². The summed E-state index contributed by atoms with van der Waals surface area (Å²) in [5.74, 6) is -3.75. The van der Waals surface area contributed by atoms with Gasteiger partial charge in [0.25, 0.3) is 11.8 Å². The second-order valence-electron chi connectivity index (χ2n) is 6.95. The molecule has 0 aliphatic rings. The van der Waals surface area contributed by atoms with E-state index in [0.29, 0.717) is 31.1 Å². The maximum Gasteiger partial charge on any atom is 0.298 e. The molecule has 2 aromatic rings. The van der Waals surface area contributed by atoms with Crippen molar-refractivity contribution in [1.82, 2.24) is 4.90 Å². The van der Waals surface area contributed by atoms with Gasteiger partial charge in [-0.05, 0) is 48.7 Å². The lowest BCUT2D eigenvalue weighted by Gasteiger charge is -2.31. The summed E-state index contributed by atoms with van der Waals surface area (Å²) in [7, 11) is 0. The number of carbonyl (C=O) groups excluding carboxylic acids is 1. The lowest BCUT2D eigenvalue weighted by Crippen LogP contribution is -2.41. The van der Waals surface area contributed by atoms with Gasteiger partial charge in [-0.15, -0.1) is 0 Å². The smallest absolute Gasteiger partial charge is 0.298 e. The van der Waals surface area contributed by atoms with Crippen molar-refractivity contribution in [2.24, 2.45) is 0 Å². The molecule has 2 rings (SSSR count). The molecule has 0 heterocycles. The van der Waals surface area contributed by atoms with Crippen molar-refractivity contribution >= 4 is 5.91 Å². The van der Waals surface area contributed by atoms with Crippen LogP contribution in [0.4, 0.5) is 8.78 Å². The second kappa shape index (κ2) is 8.97. The lowest BCUT2D eigenvalue weighted by atomic mass is 9.88. The third kappa shape index (κ3) is 4.87. The van der Waals surface area contributed by atoms with Crippen LogP contribution >= 0.6 is 0 Å². The molecular formula is C23H24F2N2O2. The average Bonchev–Trinajstić information content (AvgIpc) is 2.72. The van der Waals surface area contributed by atoms with Crippen LogP contribution < -0.4 is 0 Å². The van der Waals surface area contributed by atoms with E-state index in [0.717, 1.165) is 18.1 Å². The molecule has 6 heteroatoms. The quantitative estimate of drug-likeness (QED) is 0.669. The van der Waals surface area contributed by atoms with Gasteiger partial charge in [0.15, 0.2) is 5.60 Å². The van der Waals surface area contributed by atoms with Gasteiger partial charge in [0, 0.05) is 18.7 Å². The Hall–Kier alpha value is -3.04. The van der Waals surface area contributed by atoms with E-state index in [9.17, 15) is 18.7 Å². The van der Waals surface area contributed by atoms with Crippen LogP contribution in [0.15, 0.2) is 61.2 Å². The first-order valence-corrected chi connectivity index (χ1v) is 9.24. The third-order valence-electron chi connectivity index (χ3n) is 4.95. The highest BCUT2D eigenvalue weighted by atomic mass is 19.3. The molecule has 1 amide bonds. The largest absolute Gasteiger partial charge is 0.379 e. The van der Waals surface area contributed by atoms with Crippen LogP contribution in [0, 0.1) is 11.3 Å². The molecule has 0 aromatic heterocycles. The molecule has 0 aliphatic carbocycles. The molecule has 2 aromatic carbocycles. The Morgan fingerprint density at radius 3 is 2.21 bits per heavy atom. The van der Waals surface area contributed by atoms with Crippen LogP contribution in [0.1, 0.15) is 40.9 Å². The zero-order chi connectivity index (χ0) is 21.7. The first-order chi connectivity index (χ1) is 13.7. The number of alkyl halides is 2. The van der Waals surface area contributed by atoms with Crippen molar-refractivity contribution in [2.45, 2.75) is 38.3 Å². The SMILES string of the molecule is C=CC(F)(F)C(C)(O)c1ccc(C(=O)N(CC)Cc2ccc(CC#N)cc2)cc1. The van der Waals surface area contributed by atoms with Crippen LogP contribution in [0.2, 0.25) is 0 Å². The topological polar surface area (TPSA) is 64.3 Å². The number of halogens is 2. The van der Waals surface area contributed by atoms with Crippen LogP contribution in [0.5, 0.6) is 0 Å². The number of aliphatic hydroxyl groups is 1. The predicted octanol–water partition coefficient (Wildman–Crippen LogP) is 4.44. The Labute approximate surface area is 169 Å². The Morgan fingerprint density at radius 1 is 1.17 bits per heavy atom. The summed E-state index contributed by atoms with van der Waals surface area (Å²) in [5.41, 5.74) is -0.257. The van der Waals surface area contributed by atoms with Crippen LogP contribution in [-0.4, -0.2) is 28.4 Å². The highest BCUT2D eigenvalue weighted by molar-refractivity contribution is 5.94. The maximum absolute atomic E-state index is 13.9. The molecule has 4 nitrogen and oxygen atoms in total. The van der Waals surface area contributed by atoms with Crippen LogP contribution in [-0.2, 0) is 18.6 Å². The summed E-state index contributed by atoms with van der Waals surface area (Å²) in [6.45, 7) is 6.79. The van der Waals surface area contributed by atoms with Gasteiger partial charge in [-0.3, -0.25) is 4.79 Å². The fourth-order valence-corrected chi connectivity index (χ4v) is 2.91. The van der Waals surface area contributed by atoms with Crippen molar-refractivity contribution in [1.29, 1.82) is 5.26 Å². The van der Waals surface area contributed by atoms with Gasteiger partial charge < -0.3 is 10.0 Å². The zero-order valence-electron chi connectivity index (χ0n) is 16.5. The Bertz CT molecular complexity index is 898. The van der Waals surface area contributed by atoms with Gasteiger partial charge in [0.05, 0.1) is 12.5 Å². The summed E-state index contributed by atoms with van der Waals surface area (Å²) in [5, 5.41) is 19.0. The van der Waals surface area contributed by atoms with Crippen LogP contribution in [0.25, 0.3) is 0 Å². The van der Waals surface area contributed by atoms with E-state index in [1.807, 2.05) is 31.2 Å².